The zero-order valence-electron chi connectivity index (χ0n) is 13.2. The van der Waals surface area contributed by atoms with Crippen LogP contribution in [0.5, 0.6) is 0 Å². The van der Waals surface area contributed by atoms with Crippen molar-refractivity contribution in [3.05, 3.63) is 35.7 Å². The molecule has 1 heterocycles. The Kier molecular flexibility index (Phi) is 3.77. The van der Waals surface area contributed by atoms with Crippen molar-refractivity contribution in [1.82, 2.24) is 15.5 Å². The average Bonchev–Trinajstić information content (AvgIpc) is 3.30. The van der Waals surface area contributed by atoms with E-state index in [1.807, 2.05) is 0 Å². The van der Waals surface area contributed by atoms with Crippen LogP contribution in [0.4, 0.5) is 13.2 Å². The van der Waals surface area contributed by atoms with Gasteiger partial charge in [-0.25, -0.2) is 0 Å². The van der Waals surface area contributed by atoms with Crippen molar-refractivity contribution in [1.29, 1.82) is 0 Å². The summed E-state index contributed by atoms with van der Waals surface area (Å²) >= 11 is 0. The Morgan fingerprint density at radius 2 is 1.92 bits per heavy atom. The molecule has 132 valence electrons. The third kappa shape index (κ3) is 3.12. The highest BCUT2D eigenvalue weighted by Crippen LogP contribution is 2.44. The molecule has 1 aromatic heterocycles. The summed E-state index contributed by atoms with van der Waals surface area (Å²) in [5, 5.41) is 6.40. The van der Waals surface area contributed by atoms with E-state index in [1.165, 1.54) is 31.4 Å². The van der Waals surface area contributed by atoms with E-state index in [4.69, 9.17) is 0 Å². The molecule has 1 N–H and O–H groups in total. The van der Waals surface area contributed by atoms with Gasteiger partial charge < -0.3 is 9.84 Å². The Labute approximate surface area is 141 Å². The molecule has 3 atom stereocenters. The first-order chi connectivity index (χ1) is 11.9. The Morgan fingerprint density at radius 1 is 1.16 bits per heavy atom. The maximum absolute atomic E-state index is 12.5. The number of carbonyl (C=O) groups excluding carboxylic acids is 1. The number of fused-ring (bicyclic) bond motifs is 2. The highest BCUT2D eigenvalue weighted by Gasteiger charge is 2.40. The van der Waals surface area contributed by atoms with Gasteiger partial charge in [-0.1, -0.05) is 23.7 Å². The maximum Gasteiger partial charge on any atom is 0.471 e. The van der Waals surface area contributed by atoms with Crippen molar-refractivity contribution in [2.75, 3.05) is 0 Å². The number of amides is 1. The van der Waals surface area contributed by atoms with Crippen LogP contribution < -0.4 is 5.32 Å². The van der Waals surface area contributed by atoms with Gasteiger partial charge in [-0.2, -0.15) is 18.2 Å². The molecule has 2 aliphatic carbocycles. The lowest BCUT2D eigenvalue weighted by Gasteiger charge is -2.22. The van der Waals surface area contributed by atoms with Crippen molar-refractivity contribution >= 4 is 5.91 Å². The van der Waals surface area contributed by atoms with Crippen LogP contribution in [-0.4, -0.2) is 22.1 Å². The zero-order chi connectivity index (χ0) is 17.6. The highest BCUT2D eigenvalue weighted by molar-refractivity contribution is 5.94. The molecule has 8 heteroatoms. The van der Waals surface area contributed by atoms with Crippen LogP contribution in [0.1, 0.15) is 41.9 Å². The largest absolute Gasteiger partial charge is 0.471 e. The Balaban J connectivity index is 1.44. The second-order valence-corrected chi connectivity index (χ2v) is 6.75. The summed E-state index contributed by atoms with van der Waals surface area (Å²) in [5.74, 6) is -0.395. The number of alkyl halides is 3. The van der Waals surface area contributed by atoms with Crippen molar-refractivity contribution in [3.63, 3.8) is 0 Å². The van der Waals surface area contributed by atoms with Crippen LogP contribution in [-0.2, 0) is 6.18 Å². The molecule has 1 aromatic carbocycles. The first-order valence-corrected chi connectivity index (χ1v) is 8.22. The monoisotopic (exact) mass is 351 g/mol. The van der Waals surface area contributed by atoms with Crippen LogP contribution in [0.25, 0.3) is 11.4 Å². The average molecular weight is 351 g/mol. The second kappa shape index (κ2) is 5.86. The van der Waals surface area contributed by atoms with Crippen molar-refractivity contribution in [2.45, 2.75) is 37.9 Å². The smallest absolute Gasteiger partial charge is 0.349 e. The van der Waals surface area contributed by atoms with E-state index in [-0.39, 0.29) is 17.8 Å². The van der Waals surface area contributed by atoms with Gasteiger partial charge in [-0.3, -0.25) is 4.79 Å². The van der Waals surface area contributed by atoms with E-state index >= 15 is 0 Å². The summed E-state index contributed by atoms with van der Waals surface area (Å²) in [4.78, 5) is 15.7. The van der Waals surface area contributed by atoms with Gasteiger partial charge in [-0.05, 0) is 43.2 Å². The standard InChI is InChI=1S/C17H16F3N3O2/c18-17(19,20)16-22-14(23-25-16)10-3-5-11(6-4-10)15(24)21-13-8-9-1-2-12(13)7-9/h3-6,9,12-13H,1-2,7-8H2,(H,21,24). The molecule has 2 bridgehead atoms. The van der Waals surface area contributed by atoms with Gasteiger partial charge in [0.2, 0.25) is 5.82 Å². The van der Waals surface area contributed by atoms with E-state index in [0.717, 1.165) is 12.3 Å². The number of hydrogen-bond donors (Lipinski definition) is 1. The summed E-state index contributed by atoms with van der Waals surface area (Å²) in [6, 6.07) is 6.38. The Morgan fingerprint density at radius 3 is 2.48 bits per heavy atom. The lowest BCUT2D eigenvalue weighted by Crippen LogP contribution is -2.38. The number of nitrogens with zero attached hydrogens (tertiary/aromatic N) is 2. The van der Waals surface area contributed by atoms with Gasteiger partial charge in [0.15, 0.2) is 0 Å². The van der Waals surface area contributed by atoms with Gasteiger partial charge in [0.1, 0.15) is 0 Å². The highest BCUT2D eigenvalue weighted by atomic mass is 19.4. The minimum atomic E-state index is -4.67. The van der Waals surface area contributed by atoms with E-state index in [2.05, 4.69) is 20.0 Å². The van der Waals surface area contributed by atoms with Gasteiger partial charge >= 0.3 is 12.1 Å². The lowest BCUT2D eigenvalue weighted by molar-refractivity contribution is -0.159. The fourth-order valence-electron chi connectivity index (χ4n) is 3.90. The molecule has 0 saturated heterocycles. The summed E-state index contributed by atoms with van der Waals surface area (Å²) in [6.45, 7) is 0. The van der Waals surface area contributed by atoms with Gasteiger partial charge in [-0.15, -0.1) is 0 Å². The zero-order valence-corrected chi connectivity index (χ0v) is 13.2. The fraction of sp³-hybridized carbons (Fsp3) is 0.471. The van der Waals surface area contributed by atoms with Crippen LogP contribution in [0.2, 0.25) is 0 Å². The van der Waals surface area contributed by atoms with Crippen LogP contribution in [0, 0.1) is 11.8 Å². The number of aromatic nitrogens is 2. The van der Waals surface area contributed by atoms with E-state index in [0.29, 0.717) is 17.0 Å². The number of benzene rings is 1. The molecule has 25 heavy (non-hydrogen) atoms. The van der Waals surface area contributed by atoms with Gasteiger partial charge in [0.05, 0.1) is 0 Å². The number of hydrogen-bond acceptors (Lipinski definition) is 4. The molecule has 5 nitrogen and oxygen atoms in total. The predicted octanol–water partition coefficient (Wildman–Crippen LogP) is 3.67. The second-order valence-electron chi connectivity index (χ2n) is 6.75. The van der Waals surface area contributed by atoms with Gasteiger partial charge in [0.25, 0.3) is 5.91 Å². The molecule has 2 fully saturated rings. The third-order valence-corrected chi connectivity index (χ3v) is 5.13. The van der Waals surface area contributed by atoms with Crippen molar-refractivity contribution in [2.24, 2.45) is 11.8 Å². The molecular weight excluding hydrogens is 335 g/mol. The molecule has 1 amide bonds. The number of nitrogens with one attached hydrogen (secondary N) is 1. The van der Waals surface area contributed by atoms with Crippen LogP contribution in [0.15, 0.2) is 28.8 Å². The topological polar surface area (TPSA) is 68.0 Å². The first-order valence-electron chi connectivity index (χ1n) is 8.22. The summed E-state index contributed by atoms with van der Waals surface area (Å²) in [5.41, 5.74) is 0.821. The molecule has 2 saturated carbocycles. The number of carbonyl (C=O) groups is 1. The molecule has 0 aliphatic heterocycles. The van der Waals surface area contributed by atoms with Crippen LogP contribution >= 0.6 is 0 Å². The minimum absolute atomic E-state index is 0.159. The fourth-order valence-corrected chi connectivity index (χ4v) is 3.90. The van der Waals surface area contributed by atoms with Gasteiger partial charge in [0, 0.05) is 17.2 Å². The van der Waals surface area contributed by atoms with Crippen molar-refractivity contribution in [3.8, 4) is 11.4 Å². The number of rotatable bonds is 3. The summed E-state index contributed by atoms with van der Waals surface area (Å²) in [7, 11) is 0. The van der Waals surface area contributed by atoms with E-state index in [1.54, 1.807) is 12.1 Å². The quantitative estimate of drug-likeness (QED) is 0.916. The lowest BCUT2D eigenvalue weighted by atomic mass is 9.95. The summed E-state index contributed by atoms with van der Waals surface area (Å²) < 4.78 is 41.7. The predicted molar refractivity (Wildman–Crippen MR) is 81.4 cm³/mol. The molecule has 4 rings (SSSR count). The molecule has 2 aromatic rings. The van der Waals surface area contributed by atoms with E-state index in [9.17, 15) is 18.0 Å². The molecule has 3 unspecified atom stereocenters. The Bertz CT molecular complexity index is 785. The Hall–Kier alpha value is -2.38. The molecule has 0 radical (unpaired) electrons. The van der Waals surface area contributed by atoms with E-state index < -0.39 is 12.1 Å². The third-order valence-electron chi connectivity index (χ3n) is 5.13. The molecule has 0 spiro atoms. The molecule has 2 aliphatic rings. The van der Waals surface area contributed by atoms with Crippen LogP contribution in [0.3, 0.4) is 0 Å². The minimum Gasteiger partial charge on any atom is -0.349 e. The summed E-state index contributed by atoms with van der Waals surface area (Å²) in [6.07, 6.45) is -0.00315. The maximum atomic E-state index is 12.5. The number of halogens is 3. The first kappa shape index (κ1) is 16.1. The SMILES string of the molecule is O=C(NC1CC2CCC1C2)c1ccc(-c2noc(C(F)(F)F)n2)cc1. The molecular formula is C17H16F3N3O2. The normalized spacial score (nSPS) is 25.3. The van der Waals surface area contributed by atoms with Crippen molar-refractivity contribution < 1.29 is 22.5 Å².